The molecule has 0 unspecified atom stereocenters. The largest absolute Gasteiger partial charge is 0.318 e. The Balaban J connectivity index is 4.92. The van der Waals surface area contributed by atoms with Crippen molar-refractivity contribution in [1.29, 1.82) is 5.16 Å². The zero-order valence-corrected chi connectivity index (χ0v) is 9.84. The molecule has 2 heteroatoms. The predicted molar refractivity (Wildman–Crippen MR) is 55.1 cm³/mol. The predicted octanol–water partition coefficient (Wildman–Crippen LogP) is 3.99. The highest BCUT2D eigenvalue weighted by atomic mass is 31.2. The molecule has 0 aromatic heterocycles. The van der Waals surface area contributed by atoms with Crippen LogP contribution in [0.15, 0.2) is 0 Å². The summed E-state index contributed by atoms with van der Waals surface area (Å²) in [5.41, 5.74) is 0. The quantitative estimate of drug-likeness (QED) is 0.538. The number of rotatable bonds is 0. The first-order chi connectivity index (χ1) is 4.50. The summed E-state index contributed by atoms with van der Waals surface area (Å²) in [6, 6.07) is 0. The highest BCUT2D eigenvalue weighted by Crippen LogP contribution is 2.64. The van der Waals surface area contributed by atoms with Gasteiger partial charge >= 0.3 is 0 Å². The number of hydrogen-bond acceptors (Lipinski definition) is 1. The molecule has 0 aliphatic rings. The fourth-order valence-corrected chi connectivity index (χ4v) is 3.02. The molecule has 0 aromatic rings. The Morgan fingerprint density at radius 3 is 1.00 bits per heavy atom. The third-order valence-corrected chi connectivity index (χ3v) is 8.05. The van der Waals surface area contributed by atoms with Gasteiger partial charge in [0.2, 0.25) is 0 Å². The first-order valence-corrected chi connectivity index (χ1v) is 6.35. The summed E-state index contributed by atoms with van der Waals surface area (Å²) in [4.78, 5) is 0. The molecular formula is C9H22NP. The van der Waals surface area contributed by atoms with Crippen molar-refractivity contribution in [3.05, 3.63) is 0 Å². The molecule has 0 rings (SSSR count). The van der Waals surface area contributed by atoms with Crippen molar-refractivity contribution in [2.45, 2.75) is 51.9 Å². The molecule has 0 atom stereocenters. The lowest BCUT2D eigenvalue weighted by Crippen LogP contribution is -2.27. The third-order valence-electron chi connectivity index (χ3n) is 2.68. The van der Waals surface area contributed by atoms with Crippen LogP contribution in [0.4, 0.5) is 0 Å². The smallest absolute Gasteiger partial charge is 0.00309 e. The van der Waals surface area contributed by atoms with E-state index in [2.05, 4.69) is 48.2 Å². The summed E-state index contributed by atoms with van der Waals surface area (Å²) in [7, 11) is -1.56. The van der Waals surface area contributed by atoms with Gasteiger partial charge in [0.05, 0.1) is 0 Å². The van der Waals surface area contributed by atoms with Crippen molar-refractivity contribution in [3.8, 4) is 0 Å². The molecule has 0 spiro atoms. The van der Waals surface area contributed by atoms with Crippen LogP contribution in [0.25, 0.3) is 0 Å². The molecule has 1 nitrogen and oxygen atoms in total. The zero-order chi connectivity index (χ0) is 9.50. The van der Waals surface area contributed by atoms with E-state index in [-0.39, 0.29) is 10.3 Å². The Labute approximate surface area is 71.4 Å². The van der Waals surface area contributed by atoms with E-state index in [4.69, 9.17) is 5.16 Å². The Morgan fingerprint density at radius 2 is 1.00 bits per heavy atom. The summed E-state index contributed by atoms with van der Waals surface area (Å²) in [5.74, 6) is 0. The average molecular weight is 175 g/mol. The lowest BCUT2D eigenvalue weighted by Gasteiger charge is -2.42. The maximum Gasteiger partial charge on any atom is -0.00309 e. The Hall–Kier alpha value is 0.230. The molecule has 0 fully saturated rings. The maximum atomic E-state index is 8.34. The van der Waals surface area contributed by atoms with Crippen molar-refractivity contribution in [3.63, 3.8) is 0 Å². The molecule has 68 valence electrons. The first kappa shape index (κ1) is 11.2. The second kappa shape index (κ2) is 2.62. The van der Waals surface area contributed by atoms with Gasteiger partial charge in [-0.05, 0) is 24.0 Å². The van der Waals surface area contributed by atoms with Gasteiger partial charge in [-0.25, -0.2) is 0 Å². The van der Waals surface area contributed by atoms with Gasteiger partial charge in [-0.1, -0.05) is 41.5 Å². The Morgan fingerprint density at radius 1 is 0.818 bits per heavy atom. The van der Waals surface area contributed by atoms with Crippen molar-refractivity contribution >= 4 is 7.05 Å². The summed E-state index contributed by atoms with van der Waals surface area (Å²) in [5, 5.41) is 8.66. The van der Waals surface area contributed by atoms with Gasteiger partial charge in [-0.2, -0.15) is 0 Å². The number of hydrogen-bond donors (Lipinski definition) is 1. The molecule has 0 aliphatic heterocycles. The van der Waals surface area contributed by atoms with E-state index < -0.39 is 7.05 Å². The first-order valence-electron chi connectivity index (χ1n) is 4.12. The SMILES string of the molecule is CC(C)(C)P(C)(=N)C(C)(C)C. The minimum Gasteiger partial charge on any atom is -0.318 e. The van der Waals surface area contributed by atoms with Crippen LogP contribution < -0.4 is 0 Å². The van der Waals surface area contributed by atoms with Crippen molar-refractivity contribution in [2.75, 3.05) is 6.66 Å². The van der Waals surface area contributed by atoms with Crippen LogP contribution in [0.1, 0.15) is 41.5 Å². The molecule has 0 radical (unpaired) electrons. The lowest BCUT2D eigenvalue weighted by molar-refractivity contribution is 0.695. The third kappa shape index (κ3) is 2.08. The van der Waals surface area contributed by atoms with Crippen LogP contribution in [-0.2, 0) is 0 Å². The average Bonchev–Trinajstić information content (AvgIpc) is 1.58. The van der Waals surface area contributed by atoms with Crippen LogP contribution in [-0.4, -0.2) is 17.0 Å². The van der Waals surface area contributed by atoms with E-state index in [0.29, 0.717) is 0 Å². The van der Waals surface area contributed by atoms with E-state index in [9.17, 15) is 0 Å². The normalized spacial score (nSPS) is 15.2. The van der Waals surface area contributed by atoms with E-state index in [1.807, 2.05) is 0 Å². The van der Waals surface area contributed by atoms with Gasteiger partial charge in [-0.15, -0.1) is 0 Å². The van der Waals surface area contributed by atoms with E-state index in [0.717, 1.165) is 0 Å². The Bertz CT molecular complexity index is 163. The van der Waals surface area contributed by atoms with Crippen molar-refractivity contribution < 1.29 is 0 Å². The summed E-state index contributed by atoms with van der Waals surface area (Å²) in [6.45, 7) is 15.2. The van der Waals surface area contributed by atoms with Crippen LogP contribution in [0, 0.1) is 5.16 Å². The fraction of sp³-hybridized carbons (Fsp3) is 1.00. The molecule has 0 saturated carbocycles. The topological polar surface area (TPSA) is 23.9 Å². The van der Waals surface area contributed by atoms with Gasteiger partial charge in [-0.3, -0.25) is 0 Å². The van der Waals surface area contributed by atoms with Crippen LogP contribution in [0.2, 0.25) is 0 Å². The lowest BCUT2D eigenvalue weighted by atomic mass is 10.2. The monoisotopic (exact) mass is 175 g/mol. The van der Waals surface area contributed by atoms with Gasteiger partial charge in [0, 0.05) is 0 Å². The second-order valence-electron chi connectivity index (χ2n) is 5.35. The molecule has 1 N–H and O–H groups in total. The molecule has 0 heterocycles. The van der Waals surface area contributed by atoms with E-state index in [1.54, 1.807) is 0 Å². The second-order valence-corrected chi connectivity index (χ2v) is 10.0. The van der Waals surface area contributed by atoms with Crippen LogP contribution in [0.3, 0.4) is 0 Å². The maximum absolute atomic E-state index is 8.34. The summed E-state index contributed by atoms with van der Waals surface area (Å²) >= 11 is 0. The van der Waals surface area contributed by atoms with Gasteiger partial charge < -0.3 is 5.16 Å². The van der Waals surface area contributed by atoms with E-state index >= 15 is 0 Å². The molecule has 0 aliphatic carbocycles. The summed E-state index contributed by atoms with van der Waals surface area (Å²) < 4.78 is 0. The van der Waals surface area contributed by atoms with Crippen LogP contribution >= 0.6 is 7.05 Å². The standard InChI is InChI=1S/C9H22NP/c1-8(2,3)11(7,10)9(4,5)6/h10H,1-7H3. The van der Waals surface area contributed by atoms with Gasteiger partial charge in [0.1, 0.15) is 0 Å². The van der Waals surface area contributed by atoms with Crippen molar-refractivity contribution in [2.24, 2.45) is 0 Å². The van der Waals surface area contributed by atoms with Gasteiger partial charge in [0.25, 0.3) is 0 Å². The Kier molecular flexibility index (Phi) is 2.68. The molecule has 0 amide bonds. The highest BCUT2D eigenvalue weighted by Gasteiger charge is 2.37. The molecule has 0 aromatic carbocycles. The molecule has 11 heavy (non-hydrogen) atoms. The molecule has 0 saturated heterocycles. The zero-order valence-electron chi connectivity index (χ0n) is 8.95. The van der Waals surface area contributed by atoms with Crippen LogP contribution in [0.5, 0.6) is 0 Å². The van der Waals surface area contributed by atoms with E-state index in [1.165, 1.54) is 0 Å². The minimum atomic E-state index is -1.56. The van der Waals surface area contributed by atoms with Crippen molar-refractivity contribution in [1.82, 2.24) is 0 Å². The molecule has 0 bridgehead atoms. The molecular weight excluding hydrogens is 153 g/mol. The highest BCUT2D eigenvalue weighted by molar-refractivity contribution is 7.67. The fourth-order valence-electron chi connectivity index (χ4n) is 1.01. The number of nitrogens with one attached hydrogen (secondary N) is 1. The minimum absolute atomic E-state index is 0.158. The summed E-state index contributed by atoms with van der Waals surface area (Å²) in [6.07, 6.45) is 0. The van der Waals surface area contributed by atoms with Gasteiger partial charge in [0.15, 0.2) is 0 Å².